The molecule has 0 radical (unpaired) electrons. The normalized spacial score (nSPS) is 19.6. The molecule has 0 amide bonds. The maximum absolute atomic E-state index is 13.8. The third-order valence-corrected chi connectivity index (χ3v) is 12.3. The first-order chi connectivity index (χ1) is 29.0. The topological polar surface area (TPSA) is 123 Å². The summed E-state index contributed by atoms with van der Waals surface area (Å²) in [5.41, 5.74) is 10.3. The number of nitrogens with two attached hydrogens (primary N) is 1. The zero-order chi connectivity index (χ0) is 40.7. The number of para-hydroxylation sites is 1. The van der Waals surface area contributed by atoms with Gasteiger partial charge in [0.2, 0.25) is 0 Å². The Balaban J connectivity index is 1.18. The second-order valence-electron chi connectivity index (χ2n) is 14.8. The zero-order valence-corrected chi connectivity index (χ0v) is 34.2. The lowest BCUT2D eigenvalue weighted by Crippen LogP contribution is -2.62. The van der Waals surface area contributed by atoms with E-state index in [4.69, 9.17) is 29.4 Å². The van der Waals surface area contributed by atoms with Crippen molar-refractivity contribution in [1.29, 1.82) is 0 Å². The van der Waals surface area contributed by atoms with Crippen LogP contribution in [0.5, 0.6) is 0 Å². The van der Waals surface area contributed by atoms with Crippen LogP contribution in [-0.2, 0) is 59.9 Å². The lowest BCUT2D eigenvalue weighted by molar-refractivity contribution is -0.321. The minimum atomic E-state index is -3.84. The highest BCUT2D eigenvalue weighted by Gasteiger charge is 2.49. The van der Waals surface area contributed by atoms with Crippen molar-refractivity contribution >= 4 is 20.9 Å². The zero-order valence-electron chi connectivity index (χ0n) is 33.4. The van der Waals surface area contributed by atoms with Gasteiger partial charge in [0.05, 0.1) is 36.8 Å². The predicted molar refractivity (Wildman–Crippen MR) is 230 cm³/mol. The molecule has 5 aromatic carbocycles. The Kier molecular flexibility index (Phi) is 15.5. The van der Waals surface area contributed by atoms with Gasteiger partial charge in [-0.15, -0.1) is 0 Å². The molecule has 1 aliphatic heterocycles. The number of hydrogen-bond acceptors (Lipinski definition) is 9. The van der Waals surface area contributed by atoms with E-state index in [2.05, 4.69) is 5.32 Å². The minimum Gasteiger partial charge on any atom is -0.368 e. The van der Waals surface area contributed by atoms with Crippen molar-refractivity contribution in [3.63, 3.8) is 0 Å². The molecule has 11 heteroatoms. The van der Waals surface area contributed by atoms with Crippen LogP contribution in [0.3, 0.4) is 0 Å². The summed E-state index contributed by atoms with van der Waals surface area (Å²) in [5.74, 6) is 0. The smallest absolute Gasteiger partial charge is 0.268 e. The second-order valence-corrected chi connectivity index (χ2v) is 16.6. The lowest BCUT2D eigenvalue weighted by Gasteiger charge is -2.46. The first-order valence-corrected chi connectivity index (χ1v) is 22.0. The van der Waals surface area contributed by atoms with Gasteiger partial charge in [-0.25, -0.2) is 12.4 Å². The molecule has 2 heterocycles. The molecule has 1 aromatic heterocycles. The van der Waals surface area contributed by atoms with Crippen LogP contribution in [-0.4, -0.2) is 69.3 Å². The van der Waals surface area contributed by atoms with E-state index < -0.39 is 40.7 Å². The number of unbranched alkanes of at least 4 members (excludes halogenated alkanes) is 2. The minimum absolute atomic E-state index is 0.224. The first kappa shape index (κ1) is 42.4. The Labute approximate surface area is 348 Å². The number of aromatic nitrogens is 1. The van der Waals surface area contributed by atoms with E-state index in [1.165, 1.54) is 3.97 Å². The molecule has 310 valence electrons. The summed E-state index contributed by atoms with van der Waals surface area (Å²) >= 11 is 0. The van der Waals surface area contributed by atoms with Gasteiger partial charge in [0.1, 0.15) is 24.4 Å². The summed E-state index contributed by atoms with van der Waals surface area (Å²) in [4.78, 5) is 0.224. The van der Waals surface area contributed by atoms with Crippen LogP contribution < -0.4 is 11.1 Å². The van der Waals surface area contributed by atoms with E-state index in [9.17, 15) is 8.42 Å². The number of ether oxygens (including phenoxy) is 5. The van der Waals surface area contributed by atoms with Crippen LogP contribution in [0.15, 0.2) is 157 Å². The highest BCUT2D eigenvalue weighted by Crippen LogP contribution is 2.32. The van der Waals surface area contributed by atoms with Gasteiger partial charge in [-0.2, -0.15) is 0 Å². The first-order valence-electron chi connectivity index (χ1n) is 20.6. The van der Waals surface area contributed by atoms with Crippen molar-refractivity contribution in [2.45, 2.75) is 81.1 Å². The largest absolute Gasteiger partial charge is 0.368 e. The maximum Gasteiger partial charge on any atom is 0.268 e. The van der Waals surface area contributed by atoms with Crippen LogP contribution in [0, 0.1) is 0 Å². The Morgan fingerprint density at radius 2 is 1.15 bits per heavy atom. The third-order valence-electron chi connectivity index (χ3n) is 10.6. The SMILES string of the molecule is NCCCCCNC[C@H]1O[C@@H](OCCc2cn(S(=O)(=O)c3ccccc3)c3ccccc23)[C@H](OCc2ccccc2)[C@@H](OCc2ccccc2)[C@@H]1OCc1ccccc1. The summed E-state index contributed by atoms with van der Waals surface area (Å²) < 4.78 is 63.1. The lowest BCUT2D eigenvalue weighted by atomic mass is 9.97. The van der Waals surface area contributed by atoms with Crippen LogP contribution in [0.1, 0.15) is 41.5 Å². The van der Waals surface area contributed by atoms with Crippen LogP contribution in [0.2, 0.25) is 0 Å². The number of benzene rings is 5. The van der Waals surface area contributed by atoms with E-state index >= 15 is 0 Å². The highest BCUT2D eigenvalue weighted by atomic mass is 32.2. The van der Waals surface area contributed by atoms with E-state index in [1.807, 2.05) is 115 Å². The van der Waals surface area contributed by atoms with Crippen molar-refractivity contribution in [2.75, 3.05) is 26.2 Å². The molecule has 0 bridgehead atoms. The van der Waals surface area contributed by atoms with E-state index in [-0.39, 0.29) is 11.5 Å². The molecule has 1 aliphatic rings. The number of nitrogens with zero attached hydrogens (tertiary/aromatic N) is 1. The number of hydrogen-bond donors (Lipinski definition) is 2. The van der Waals surface area contributed by atoms with Crippen molar-refractivity contribution in [3.05, 3.63) is 174 Å². The fourth-order valence-electron chi connectivity index (χ4n) is 7.47. The molecular formula is C48H55N3O7S. The predicted octanol–water partition coefficient (Wildman–Crippen LogP) is 7.64. The van der Waals surface area contributed by atoms with E-state index in [1.54, 1.807) is 36.5 Å². The number of rotatable bonds is 22. The van der Waals surface area contributed by atoms with Gasteiger partial charge in [0.15, 0.2) is 6.29 Å². The molecule has 0 unspecified atom stereocenters. The molecule has 0 aliphatic carbocycles. The van der Waals surface area contributed by atoms with Crippen molar-refractivity contribution in [3.8, 4) is 0 Å². The van der Waals surface area contributed by atoms with Gasteiger partial charge in [0.25, 0.3) is 10.0 Å². The number of nitrogens with one attached hydrogen (secondary N) is 1. The summed E-state index contributed by atoms with van der Waals surface area (Å²) in [6.45, 7) is 3.22. The van der Waals surface area contributed by atoms with Gasteiger partial charge >= 0.3 is 0 Å². The Hall–Kier alpha value is -4.69. The van der Waals surface area contributed by atoms with Crippen LogP contribution in [0.4, 0.5) is 0 Å². The summed E-state index contributed by atoms with van der Waals surface area (Å²) in [5, 5.41) is 4.44. The van der Waals surface area contributed by atoms with Gasteiger partial charge in [-0.1, -0.05) is 134 Å². The van der Waals surface area contributed by atoms with Gasteiger partial charge in [-0.3, -0.25) is 0 Å². The molecular weight excluding hydrogens is 763 g/mol. The monoisotopic (exact) mass is 817 g/mol. The van der Waals surface area contributed by atoms with Gasteiger partial charge in [0, 0.05) is 18.1 Å². The molecule has 59 heavy (non-hydrogen) atoms. The Morgan fingerprint density at radius 1 is 0.610 bits per heavy atom. The molecule has 3 N–H and O–H groups in total. The third kappa shape index (κ3) is 11.3. The highest BCUT2D eigenvalue weighted by molar-refractivity contribution is 7.90. The summed E-state index contributed by atoms with van der Waals surface area (Å²) in [6.07, 6.45) is 2.08. The van der Waals surface area contributed by atoms with E-state index in [0.29, 0.717) is 44.8 Å². The Bertz CT molecular complexity index is 2240. The molecule has 1 fully saturated rings. The molecule has 1 saturated heterocycles. The number of fused-ring (bicyclic) bond motifs is 1. The fourth-order valence-corrected chi connectivity index (χ4v) is 8.88. The Morgan fingerprint density at radius 3 is 1.76 bits per heavy atom. The van der Waals surface area contributed by atoms with Crippen LogP contribution in [0.25, 0.3) is 10.9 Å². The van der Waals surface area contributed by atoms with Gasteiger partial charge in [-0.05, 0) is 72.8 Å². The molecule has 10 nitrogen and oxygen atoms in total. The maximum atomic E-state index is 13.8. The fraction of sp³-hybridized carbons (Fsp3) is 0.333. The quantitative estimate of drug-likeness (QED) is 0.0666. The molecule has 0 spiro atoms. The van der Waals surface area contributed by atoms with Crippen LogP contribution >= 0.6 is 0 Å². The average Bonchev–Trinajstić information content (AvgIpc) is 3.66. The second kappa shape index (κ2) is 21.5. The van der Waals surface area contributed by atoms with Crippen molar-refractivity contribution in [1.82, 2.24) is 9.29 Å². The van der Waals surface area contributed by atoms with Crippen molar-refractivity contribution < 1.29 is 32.1 Å². The molecule has 5 atom stereocenters. The molecule has 6 aromatic rings. The van der Waals surface area contributed by atoms with Gasteiger partial charge < -0.3 is 34.7 Å². The molecule has 0 saturated carbocycles. The molecule has 7 rings (SSSR count). The van der Waals surface area contributed by atoms with E-state index in [0.717, 1.165) is 53.4 Å². The summed E-state index contributed by atoms with van der Waals surface area (Å²) in [6, 6.07) is 46.2. The van der Waals surface area contributed by atoms with Crippen molar-refractivity contribution in [2.24, 2.45) is 5.73 Å². The average molecular weight is 818 g/mol. The summed E-state index contributed by atoms with van der Waals surface area (Å²) in [7, 11) is -3.84. The standard InChI is InChI=1S/C48H55N3O7S/c49-29-16-5-17-30-50-32-44-45(55-34-37-18-6-1-7-19-37)46(56-35-38-20-8-2-9-21-38)47(57-36-39-22-10-3-11-23-39)48(58-44)54-31-28-40-33-51(43-27-15-14-26-42(40)43)59(52,53)41-24-12-4-13-25-41/h1-4,6-15,18-27,33,44-48,50H,5,16-17,28-32,34-36,49H2/t44-,45-,46+,47-,48-/m1/s1.